The normalized spacial score (nSPS) is 11.5. The van der Waals surface area contributed by atoms with Gasteiger partial charge in [0.15, 0.2) is 17.3 Å². The molecule has 5 rings (SSSR count). The van der Waals surface area contributed by atoms with Crippen molar-refractivity contribution in [2.45, 2.75) is 12.8 Å². The number of hydrogen-bond donors (Lipinski definition) is 0. The van der Waals surface area contributed by atoms with Crippen LogP contribution in [0.15, 0.2) is 99.3 Å². The average Bonchev–Trinajstić information content (AvgIpc) is 2.99. The van der Waals surface area contributed by atoms with E-state index < -0.39 is 17.3 Å². The largest absolute Gasteiger partial charge is 0.493 e. The van der Waals surface area contributed by atoms with Gasteiger partial charge in [-0.1, -0.05) is 58.4 Å². The second kappa shape index (κ2) is 11.9. The molecule has 1 heterocycles. The molecule has 42 heavy (non-hydrogen) atoms. The number of halogens is 4. The second-order valence-electron chi connectivity index (χ2n) is 8.98. The van der Waals surface area contributed by atoms with Crippen LogP contribution < -0.4 is 15.0 Å². The SMILES string of the molecule is COc1cc(Br)cc(C=Nn2c(-c3cccc(C(F)(F)F)c3)nc3ccccc3c2=O)c1OCc1ccccc1C#N. The third kappa shape index (κ3) is 5.89. The summed E-state index contributed by atoms with van der Waals surface area (Å²) >= 11 is 3.43. The fourth-order valence-electron chi connectivity index (χ4n) is 4.27. The molecule has 1 aromatic heterocycles. The molecule has 0 radical (unpaired) electrons. The van der Waals surface area contributed by atoms with Gasteiger partial charge in [0.25, 0.3) is 5.56 Å². The highest BCUT2D eigenvalue weighted by atomic mass is 79.9. The Balaban J connectivity index is 1.64. The topological polar surface area (TPSA) is 89.5 Å². The zero-order valence-electron chi connectivity index (χ0n) is 21.9. The predicted octanol–water partition coefficient (Wildman–Crippen LogP) is 7.19. The van der Waals surface area contributed by atoms with Crippen LogP contribution in [-0.2, 0) is 12.8 Å². The summed E-state index contributed by atoms with van der Waals surface area (Å²) in [6.07, 6.45) is -3.25. The van der Waals surface area contributed by atoms with Crippen LogP contribution in [0.5, 0.6) is 11.5 Å². The molecule has 7 nitrogen and oxygen atoms in total. The molecule has 5 aromatic rings. The Bertz CT molecular complexity index is 1930. The fraction of sp³-hybridized carbons (Fsp3) is 0.0968. The molecule has 0 bridgehead atoms. The van der Waals surface area contributed by atoms with E-state index in [1.807, 2.05) is 0 Å². The molecule has 0 aliphatic heterocycles. The molecule has 0 amide bonds. The van der Waals surface area contributed by atoms with Crippen molar-refractivity contribution < 1.29 is 22.6 Å². The number of para-hydroxylation sites is 1. The minimum atomic E-state index is -4.59. The molecule has 0 saturated heterocycles. The summed E-state index contributed by atoms with van der Waals surface area (Å²) in [6.45, 7) is 0.0372. The van der Waals surface area contributed by atoms with Gasteiger partial charge in [-0.3, -0.25) is 4.79 Å². The van der Waals surface area contributed by atoms with Crippen LogP contribution in [0.4, 0.5) is 13.2 Å². The van der Waals surface area contributed by atoms with Gasteiger partial charge in [-0.15, -0.1) is 0 Å². The molecule has 0 unspecified atom stereocenters. The van der Waals surface area contributed by atoms with E-state index in [1.165, 1.54) is 25.5 Å². The first kappa shape index (κ1) is 28.6. The molecule has 0 atom stereocenters. The van der Waals surface area contributed by atoms with Gasteiger partial charge in [0.05, 0.1) is 41.4 Å². The maximum atomic E-state index is 13.6. The van der Waals surface area contributed by atoms with Crippen LogP contribution in [0.1, 0.15) is 22.3 Å². The zero-order chi connectivity index (χ0) is 29.9. The predicted molar refractivity (Wildman–Crippen MR) is 156 cm³/mol. The van der Waals surface area contributed by atoms with E-state index in [-0.39, 0.29) is 29.1 Å². The highest BCUT2D eigenvalue weighted by Gasteiger charge is 2.31. The Morgan fingerprint density at radius 3 is 2.57 bits per heavy atom. The van der Waals surface area contributed by atoms with Gasteiger partial charge < -0.3 is 9.47 Å². The van der Waals surface area contributed by atoms with Crippen molar-refractivity contribution in [3.05, 3.63) is 122 Å². The van der Waals surface area contributed by atoms with E-state index in [9.17, 15) is 23.2 Å². The Labute approximate surface area is 246 Å². The molecule has 0 fully saturated rings. The number of fused-ring (bicyclic) bond motifs is 1. The van der Waals surface area contributed by atoms with Crippen LogP contribution in [0.2, 0.25) is 0 Å². The van der Waals surface area contributed by atoms with Gasteiger partial charge in [0.2, 0.25) is 0 Å². The number of nitrogens with zero attached hydrogens (tertiary/aromatic N) is 4. The molecule has 0 N–H and O–H groups in total. The summed E-state index contributed by atoms with van der Waals surface area (Å²) in [7, 11) is 1.46. The van der Waals surface area contributed by atoms with Crippen LogP contribution in [0.25, 0.3) is 22.3 Å². The van der Waals surface area contributed by atoms with Crippen molar-refractivity contribution in [3.63, 3.8) is 0 Å². The first-order chi connectivity index (χ1) is 20.2. The Kier molecular flexibility index (Phi) is 8.08. The lowest BCUT2D eigenvalue weighted by Gasteiger charge is -2.15. The molecule has 11 heteroatoms. The standard InChI is InChI=1S/C31H20BrF3N4O3/c1-41-27-15-24(32)14-22(28(27)42-18-21-8-3-2-7-20(21)16-36)17-37-39-29(19-9-6-10-23(13-19)31(33,34)35)38-26-12-5-4-11-25(26)30(39)40/h2-15,17H,18H2,1H3. The van der Waals surface area contributed by atoms with Gasteiger partial charge >= 0.3 is 6.18 Å². The van der Waals surface area contributed by atoms with Gasteiger partial charge in [0.1, 0.15) is 6.61 Å². The first-order valence-corrected chi connectivity index (χ1v) is 13.2. The summed E-state index contributed by atoms with van der Waals surface area (Å²) in [5.41, 5.74) is 0.398. The minimum Gasteiger partial charge on any atom is -0.493 e. The second-order valence-corrected chi connectivity index (χ2v) is 9.89. The maximum absolute atomic E-state index is 13.6. The van der Waals surface area contributed by atoms with Crippen molar-refractivity contribution >= 4 is 33.0 Å². The average molecular weight is 633 g/mol. The number of methoxy groups -OCH3 is 1. The molecule has 0 aliphatic carbocycles. The van der Waals surface area contributed by atoms with Crippen LogP contribution in [0, 0.1) is 11.3 Å². The van der Waals surface area contributed by atoms with Gasteiger partial charge in [0, 0.05) is 21.2 Å². The van der Waals surface area contributed by atoms with E-state index in [0.29, 0.717) is 32.4 Å². The lowest BCUT2D eigenvalue weighted by molar-refractivity contribution is -0.137. The summed E-state index contributed by atoms with van der Waals surface area (Å²) in [5, 5.41) is 14.1. The molecular formula is C31H20BrF3N4O3. The van der Waals surface area contributed by atoms with Crippen LogP contribution in [-0.4, -0.2) is 23.0 Å². The first-order valence-electron chi connectivity index (χ1n) is 12.4. The highest BCUT2D eigenvalue weighted by Crippen LogP contribution is 2.35. The summed E-state index contributed by atoms with van der Waals surface area (Å²) in [4.78, 5) is 18.1. The number of ether oxygens (including phenoxy) is 2. The van der Waals surface area contributed by atoms with Crippen molar-refractivity contribution in [3.8, 4) is 29.0 Å². The Morgan fingerprint density at radius 2 is 1.81 bits per heavy atom. The van der Waals surface area contributed by atoms with Crippen molar-refractivity contribution in [1.29, 1.82) is 5.26 Å². The molecule has 0 spiro atoms. The summed E-state index contributed by atoms with van der Waals surface area (Å²) in [5.74, 6) is 0.551. The molecule has 4 aromatic carbocycles. The minimum absolute atomic E-state index is 0.0372. The Hall–Kier alpha value is -4.95. The quantitative estimate of drug-likeness (QED) is 0.177. The summed E-state index contributed by atoms with van der Waals surface area (Å²) < 4.78 is 53.7. The molecule has 0 saturated carbocycles. The number of alkyl halides is 3. The molecule has 0 aliphatic rings. The van der Waals surface area contributed by atoms with Crippen molar-refractivity contribution in [2.75, 3.05) is 7.11 Å². The molecular weight excluding hydrogens is 613 g/mol. The number of aromatic nitrogens is 2. The number of nitriles is 1. The summed E-state index contributed by atoms with van der Waals surface area (Å²) in [6, 6.07) is 23.5. The van der Waals surface area contributed by atoms with Gasteiger partial charge in [-0.2, -0.15) is 28.2 Å². The lowest BCUT2D eigenvalue weighted by atomic mass is 10.1. The fourth-order valence-corrected chi connectivity index (χ4v) is 4.72. The smallest absolute Gasteiger partial charge is 0.416 e. The zero-order valence-corrected chi connectivity index (χ0v) is 23.5. The Morgan fingerprint density at radius 1 is 1.05 bits per heavy atom. The number of hydrogen-bond acceptors (Lipinski definition) is 6. The third-order valence-corrected chi connectivity index (χ3v) is 6.75. The van der Waals surface area contributed by atoms with E-state index in [1.54, 1.807) is 60.7 Å². The maximum Gasteiger partial charge on any atom is 0.416 e. The van der Waals surface area contributed by atoms with Gasteiger partial charge in [-0.25, -0.2) is 4.98 Å². The van der Waals surface area contributed by atoms with E-state index >= 15 is 0 Å². The third-order valence-electron chi connectivity index (χ3n) is 6.29. The van der Waals surface area contributed by atoms with Crippen molar-refractivity contribution in [2.24, 2.45) is 5.10 Å². The van der Waals surface area contributed by atoms with Crippen molar-refractivity contribution in [1.82, 2.24) is 9.66 Å². The van der Waals surface area contributed by atoms with E-state index in [4.69, 9.17) is 9.47 Å². The number of rotatable bonds is 7. The monoisotopic (exact) mass is 632 g/mol. The molecule has 210 valence electrons. The van der Waals surface area contributed by atoms with Gasteiger partial charge in [-0.05, 0) is 42.5 Å². The van der Waals surface area contributed by atoms with E-state index in [2.05, 4.69) is 32.1 Å². The van der Waals surface area contributed by atoms with Crippen LogP contribution >= 0.6 is 15.9 Å². The van der Waals surface area contributed by atoms with Crippen LogP contribution in [0.3, 0.4) is 0 Å². The highest BCUT2D eigenvalue weighted by molar-refractivity contribution is 9.10. The number of benzene rings is 4. The lowest BCUT2D eigenvalue weighted by Crippen LogP contribution is -2.20. The van der Waals surface area contributed by atoms with E-state index in [0.717, 1.165) is 16.8 Å².